The Bertz CT molecular complexity index is 346. The molecule has 1 aromatic heterocycles. The number of H-pyrrole nitrogens is 1. The largest absolute Gasteiger partial charge is 0.466 e. The van der Waals surface area contributed by atoms with Gasteiger partial charge in [-0.3, -0.25) is 4.79 Å². The van der Waals surface area contributed by atoms with Crippen molar-refractivity contribution in [2.45, 2.75) is 13.3 Å². The number of nitrogens with one attached hydrogen (secondary N) is 1. The van der Waals surface area contributed by atoms with Gasteiger partial charge in [0.15, 0.2) is 0 Å². The van der Waals surface area contributed by atoms with Crippen LogP contribution in [0.1, 0.15) is 12.7 Å². The van der Waals surface area contributed by atoms with Crippen LogP contribution in [0.15, 0.2) is 6.20 Å². The Morgan fingerprint density at radius 1 is 1.79 bits per heavy atom. The van der Waals surface area contributed by atoms with Gasteiger partial charge in [0, 0.05) is 0 Å². The minimum atomic E-state index is -0.609. The van der Waals surface area contributed by atoms with Crippen LogP contribution in [-0.2, 0) is 16.0 Å². The number of esters is 1. The second-order valence-corrected chi connectivity index (χ2v) is 2.45. The van der Waals surface area contributed by atoms with Gasteiger partial charge in [0.25, 0.3) is 0 Å². The van der Waals surface area contributed by atoms with Crippen molar-refractivity contribution in [3.8, 4) is 0 Å². The summed E-state index contributed by atoms with van der Waals surface area (Å²) in [5.74, 6) is -0.462. The average Bonchev–Trinajstić information content (AvgIpc) is 2.53. The fraction of sp³-hybridized carbons (Fsp3) is 0.429. The van der Waals surface area contributed by atoms with Gasteiger partial charge >= 0.3 is 11.8 Å². The summed E-state index contributed by atoms with van der Waals surface area (Å²) in [6.45, 7) is 1.96. The molecular weight excluding hydrogens is 190 g/mol. The Morgan fingerprint density at radius 2 is 2.50 bits per heavy atom. The van der Waals surface area contributed by atoms with E-state index in [1.54, 1.807) is 6.92 Å². The van der Waals surface area contributed by atoms with Gasteiger partial charge in [0.2, 0.25) is 5.82 Å². The third-order valence-corrected chi connectivity index (χ3v) is 1.43. The van der Waals surface area contributed by atoms with E-state index in [9.17, 15) is 14.9 Å². The molecule has 7 heteroatoms. The van der Waals surface area contributed by atoms with Gasteiger partial charge in [0.1, 0.15) is 12.6 Å². The molecule has 76 valence electrons. The molecule has 1 N–H and O–H groups in total. The first kappa shape index (κ1) is 10.2. The lowest BCUT2D eigenvalue weighted by molar-refractivity contribution is -0.389. The Hall–Kier alpha value is -1.92. The normalized spacial score (nSPS) is 9.79. The number of hydrogen-bond acceptors (Lipinski definition) is 5. The van der Waals surface area contributed by atoms with Gasteiger partial charge in [-0.25, -0.2) is 9.97 Å². The summed E-state index contributed by atoms with van der Waals surface area (Å²) in [5, 5.41) is 10.2. The molecule has 14 heavy (non-hydrogen) atoms. The molecule has 0 aliphatic rings. The number of carbonyl (C=O) groups excluding carboxylic acids is 1. The van der Waals surface area contributed by atoms with E-state index in [2.05, 4.69) is 14.7 Å². The molecule has 1 rings (SSSR count). The Morgan fingerprint density at radius 3 is 3.00 bits per heavy atom. The van der Waals surface area contributed by atoms with Gasteiger partial charge in [-0.05, 0) is 11.8 Å². The van der Waals surface area contributed by atoms with Gasteiger partial charge < -0.3 is 14.9 Å². The van der Waals surface area contributed by atoms with Gasteiger partial charge in [0.05, 0.1) is 6.61 Å². The summed E-state index contributed by atoms with van der Waals surface area (Å²) < 4.78 is 4.65. The van der Waals surface area contributed by atoms with Crippen LogP contribution in [0.25, 0.3) is 0 Å². The number of nitro groups is 1. The number of aromatic nitrogens is 2. The summed E-state index contributed by atoms with van der Waals surface area (Å²) in [6, 6.07) is 0. The minimum absolute atomic E-state index is 0.0817. The van der Waals surface area contributed by atoms with E-state index in [1.165, 1.54) is 0 Å². The van der Waals surface area contributed by atoms with E-state index in [4.69, 9.17) is 0 Å². The van der Waals surface area contributed by atoms with Gasteiger partial charge in [-0.15, -0.1) is 0 Å². The summed E-state index contributed by atoms with van der Waals surface area (Å²) in [5.41, 5.74) is 0. The third-order valence-electron chi connectivity index (χ3n) is 1.43. The van der Waals surface area contributed by atoms with Crippen molar-refractivity contribution in [3.63, 3.8) is 0 Å². The molecule has 0 saturated carbocycles. The van der Waals surface area contributed by atoms with Crippen molar-refractivity contribution in [1.82, 2.24) is 9.97 Å². The molecule has 0 radical (unpaired) electrons. The summed E-state index contributed by atoms with van der Waals surface area (Å²) in [6.07, 6.45) is 0.982. The van der Waals surface area contributed by atoms with Crippen molar-refractivity contribution >= 4 is 11.8 Å². The standard InChI is InChI=1S/C7H9N3O4/c1-2-14-7(11)3-5-8-4-6(9-5)10(12)13/h4H,2-3H2,1H3,(H,8,9). The van der Waals surface area contributed by atoms with Crippen molar-refractivity contribution in [2.75, 3.05) is 6.61 Å². The highest BCUT2D eigenvalue weighted by Crippen LogP contribution is 2.06. The average molecular weight is 199 g/mol. The number of carbonyl (C=O) groups is 1. The maximum absolute atomic E-state index is 10.9. The Balaban J connectivity index is 2.59. The Kier molecular flexibility index (Phi) is 3.16. The number of aromatic amines is 1. The molecule has 0 aromatic carbocycles. The predicted octanol–water partition coefficient (Wildman–Crippen LogP) is 0.423. The van der Waals surface area contributed by atoms with Gasteiger partial charge in [-0.1, -0.05) is 0 Å². The maximum Gasteiger partial charge on any atom is 0.340 e. The lowest BCUT2D eigenvalue weighted by atomic mass is 10.4. The van der Waals surface area contributed by atoms with Crippen LogP contribution in [0.5, 0.6) is 0 Å². The van der Waals surface area contributed by atoms with Crippen molar-refractivity contribution in [2.24, 2.45) is 0 Å². The second kappa shape index (κ2) is 4.35. The smallest absolute Gasteiger partial charge is 0.340 e. The highest BCUT2D eigenvalue weighted by Gasteiger charge is 2.13. The number of ether oxygens (including phenoxy) is 1. The molecule has 0 atom stereocenters. The van der Waals surface area contributed by atoms with Crippen LogP contribution < -0.4 is 0 Å². The molecule has 0 spiro atoms. The molecule has 0 aliphatic heterocycles. The molecular formula is C7H9N3O4. The predicted molar refractivity (Wildman–Crippen MR) is 45.6 cm³/mol. The zero-order chi connectivity index (χ0) is 10.6. The first-order valence-corrected chi connectivity index (χ1v) is 3.97. The van der Waals surface area contributed by atoms with Crippen LogP contribution in [0.4, 0.5) is 5.82 Å². The highest BCUT2D eigenvalue weighted by atomic mass is 16.6. The monoisotopic (exact) mass is 199 g/mol. The van der Waals surface area contributed by atoms with Crippen LogP contribution in [0, 0.1) is 10.1 Å². The first-order chi connectivity index (χ1) is 6.63. The molecule has 0 saturated heterocycles. The fourth-order valence-electron chi connectivity index (χ4n) is 0.883. The second-order valence-electron chi connectivity index (χ2n) is 2.45. The van der Waals surface area contributed by atoms with E-state index in [-0.39, 0.29) is 24.7 Å². The number of rotatable bonds is 4. The quantitative estimate of drug-likeness (QED) is 0.430. The molecule has 0 fully saturated rings. The number of imidazole rings is 1. The molecule has 0 amide bonds. The molecule has 0 aliphatic carbocycles. The van der Waals surface area contributed by atoms with Crippen molar-refractivity contribution in [1.29, 1.82) is 0 Å². The molecule has 1 heterocycles. The zero-order valence-electron chi connectivity index (χ0n) is 7.52. The van der Waals surface area contributed by atoms with Crippen molar-refractivity contribution < 1.29 is 14.5 Å². The highest BCUT2D eigenvalue weighted by molar-refractivity contribution is 5.71. The Labute approximate surface area is 79.2 Å². The van der Waals surface area contributed by atoms with E-state index in [1.807, 2.05) is 0 Å². The molecule has 0 bridgehead atoms. The van der Waals surface area contributed by atoms with Gasteiger partial charge in [-0.2, -0.15) is 0 Å². The van der Waals surface area contributed by atoms with Crippen LogP contribution in [-0.4, -0.2) is 27.5 Å². The number of nitrogens with zero attached hydrogens (tertiary/aromatic N) is 2. The van der Waals surface area contributed by atoms with E-state index in [0.717, 1.165) is 6.20 Å². The lowest BCUT2D eigenvalue weighted by Crippen LogP contribution is -2.08. The van der Waals surface area contributed by atoms with Crippen molar-refractivity contribution in [3.05, 3.63) is 22.1 Å². The SMILES string of the molecule is CCOC(=O)Cc1ncc([N+](=O)[O-])[nH]1. The maximum atomic E-state index is 10.9. The topological polar surface area (TPSA) is 98.1 Å². The molecule has 0 unspecified atom stereocenters. The van der Waals surface area contributed by atoms with E-state index in [0.29, 0.717) is 0 Å². The van der Waals surface area contributed by atoms with E-state index >= 15 is 0 Å². The third kappa shape index (κ3) is 2.54. The molecule has 7 nitrogen and oxygen atoms in total. The first-order valence-electron chi connectivity index (χ1n) is 3.97. The fourth-order valence-corrected chi connectivity index (χ4v) is 0.883. The lowest BCUT2D eigenvalue weighted by Gasteiger charge is -1.96. The summed E-state index contributed by atoms with van der Waals surface area (Å²) >= 11 is 0. The van der Waals surface area contributed by atoms with E-state index < -0.39 is 10.9 Å². The minimum Gasteiger partial charge on any atom is -0.466 e. The van der Waals surface area contributed by atoms with Crippen LogP contribution >= 0.6 is 0 Å². The zero-order valence-corrected chi connectivity index (χ0v) is 7.52. The summed E-state index contributed by atoms with van der Waals surface area (Å²) in [4.78, 5) is 26.6. The number of hydrogen-bond donors (Lipinski definition) is 1. The molecule has 1 aromatic rings. The van der Waals surface area contributed by atoms with Crippen LogP contribution in [0.2, 0.25) is 0 Å². The summed E-state index contributed by atoms with van der Waals surface area (Å²) in [7, 11) is 0. The van der Waals surface area contributed by atoms with Crippen LogP contribution in [0.3, 0.4) is 0 Å².